The number of rotatable bonds is 4. The molecule has 1 aliphatic carbocycles. The minimum Gasteiger partial charge on any atom is -0.375 e. The number of benzene rings is 1. The van der Waals surface area contributed by atoms with E-state index < -0.39 is 0 Å². The van der Waals surface area contributed by atoms with Crippen molar-refractivity contribution in [2.45, 2.75) is 25.7 Å². The van der Waals surface area contributed by atoms with Gasteiger partial charge in [0.15, 0.2) is 0 Å². The fourth-order valence-corrected chi connectivity index (χ4v) is 3.31. The molecule has 0 unspecified atom stereocenters. The molecule has 1 fully saturated rings. The van der Waals surface area contributed by atoms with Gasteiger partial charge in [0, 0.05) is 20.0 Å². The van der Waals surface area contributed by atoms with Gasteiger partial charge >= 0.3 is 0 Å². The number of hydrogen-bond acceptors (Lipinski definition) is 3. The second-order valence-electron chi connectivity index (χ2n) is 5.97. The maximum Gasteiger partial charge on any atom is 0.227 e. The molecule has 0 radical (unpaired) electrons. The molecule has 1 amide bonds. The average Bonchev–Trinajstić information content (AvgIpc) is 2.47. The van der Waals surface area contributed by atoms with Gasteiger partial charge in [-0.15, -0.1) is 0 Å². The molecule has 1 aromatic rings. The highest BCUT2D eigenvalue weighted by Gasteiger charge is 2.26. The van der Waals surface area contributed by atoms with Crippen LogP contribution in [0.5, 0.6) is 0 Å². The molecule has 0 heterocycles. The Bertz CT molecular complexity index is 496. The van der Waals surface area contributed by atoms with Crippen molar-refractivity contribution in [2.75, 3.05) is 30.9 Å². The van der Waals surface area contributed by atoms with Gasteiger partial charge in [0.1, 0.15) is 0 Å². The standard InChI is InChI=1S/C16H24ClN3O/c1-20(2)15-13(17)4-3-5-14(15)19-16(21)12-8-6-11(10-18)7-9-12/h3-5,11-12H,6-10,18H2,1-2H3,(H,19,21). The summed E-state index contributed by atoms with van der Waals surface area (Å²) in [6.07, 6.45) is 3.94. The Hall–Kier alpha value is -1.26. The highest BCUT2D eigenvalue weighted by atomic mass is 35.5. The molecule has 0 saturated heterocycles. The summed E-state index contributed by atoms with van der Waals surface area (Å²) < 4.78 is 0. The molecule has 0 bridgehead atoms. The summed E-state index contributed by atoms with van der Waals surface area (Å²) in [6, 6.07) is 5.58. The molecular weight excluding hydrogens is 286 g/mol. The Morgan fingerprint density at radius 1 is 1.33 bits per heavy atom. The van der Waals surface area contributed by atoms with Crippen LogP contribution < -0.4 is 16.0 Å². The van der Waals surface area contributed by atoms with Crippen LogP contribution in [0.1, 0.15) is 25.7 Å². The highest BCUT2D eigenvalue weighted by molar-refractivity contribution is 6.34. The van der Waals surface area contributed by atoms with E-state index in [1.165, 1.54) is 0 Å². The summed E-state index contributed by atoms with van der Waals surface area (Å²) >= 11 is 6.22. The molecule has 1 saturated carbocycles. The van der Waals surface area contributed by atoms with Crippen molar-refractivity contribution < 1.29 is 4.79 Å². The molecule has 21 heavy (non-hydrogen) atoms. The predicted octanol–water partition coefficient (Wildman–Crippen LogP) is 3.11. The van der Waals surface area contributed by atoms with Crippen molar-refractivity contribution in [3.63, 3.8) is 0 Å². The van der Waals surface area contributed by atoms with Crippen molar-refractivity contribution in [2.24, 2.45) is 17.6 Å². The number of carbonyl (C=O) groups is 1. The van der Waals surface area contributed by atoms with Crippen LogP contribution in [0.25, 0.3) is 0 Å². The first-order chi connectivity index (χ1) is 10.0. The number of anilines is 2. The van der Waals surface area contributed by atoms with E-state index in [1.54, 1.807) is 0 Å². The Morgan fingerprint density at radius 2 is 2.00 bits per heavy atom. The Morgan fingerprint density at radius 3 is 2.57 bits per heavy atom. The van der Waals surface area contributed by atoms with Gasteiger partial charge in [-0.25, -0.2) is 0 Å². The van der Waals surface area contributed by atoms with E-state index in [4.69, 9.17) is 17.3 Å². The first-order valence-corrected chi connectivity index (χ1v) is 7.87. The summed E-state index contributed by atoms with van der Waals surface area (Å²) in [7, 11) is 3.84. The van der Waals surface area contributed by atoms with Gasteiger partial charge in [0.2, 0.25) is 5.91 Å². The van der Waals surface area contributed by atoms with E-state index >= 15 is 0 Å². The molecule has 1 aliphatic rings. The van der Waals surface area contributed by atoms with Gasteiger partial charge in [-0.1, -0.05) is 17.7 Å². The van der Waals surface area contributed by atoms with E-state index in [0.29, 0.717) is 10.9 Å². The van der Waals surface area contributed by atoms with E-state index in [0.717, 1.165) is 43.6 Å². The number of carbonyl (C=O) groups excluding carboxylic acids is 1. The van der Waals surface area contributed by atoms with Crippen LogP contribution in [-0.4, -0.2) is 26.5 Å². The normalized spacial score (nSPS) is 21.9. The molecule has 5 heteroatoms. The molecule has 0 aromatic heterocycles. The number of para-hydroxylation sites is 1. The number of halogens is 1. The zero-order valence-corrected chi connectivity index (χ0v) is 13.5. The summed E-state index contributed by atoms with van der Waals surface area (Å²) in [6.45, 7) is 0.730. The third kappa shape index (κ3) is 3.89. The molecule has 116 valence electrons. The quantitative estimate of drug-likeness (QED) is 0.898. The maximum absolute atomic E-state index is 12.4. The Labute approximate surface area is 131 Å². The van der Waals surface area contributed by atoms with Crippen molar-refractivity contribution in [3.05, 3.63) is 23.2 Å². The van der Waals surface area contributed by atoms with Crippen molar-refractivity contribution >= 4 is 28.9 Å². The lowest BCUT2D eigenvalue weighted by molar-refractivity contribution is -0.121. The van der Waals surface area contributed by atoms with Crippen LogP contribution in [0, 0.1) is 11.8 Å². The van der Waals surface area contributed by atoms with Gasteiger partial charge in [-0.2, -0.15) is 0 Å². The van der Waals surface area contributed by atoms with Gasteiger partial charge in [0.25, 0.3) is 0 Å². The maximum atomic E-state index is 12.4. The van der Waals surface area contributed by atoms with Crippen LogP contribution in [0.3, 0.4) is 0 Å². The molecule has 2 rings (SSSR count). The van der Waals surface area contributed by atoms with Crippen molar-refractivity contribution in [1.29, 1.82) is 0 Å². The summed E-state index contributed by atoms with van der Waals surface area (Å²) in [4.78, 5) is 14.4. The topological polar surface area (TPSA) is 58.4 Å². The fourth-order valence-electron chi connectivity index (χ4n) is 2.97. The third-order valence-electron chi connectivity index (χ3n) is 4.24. The van der Waals surface area contributed by atoms with Crippen LogP contribution in [-0.2, 0) is 4.79 Å². The fraction of sp³-hybridized carbons (Fsp3) is 0.562. The summed E-state index contributed by atoms with van der Waals surface area (Å²) in [5, 5.41) is 3.68. The molecular formula is C16H24ClN3O. The number of nitrogens with one attached hydrogen (secondary N) is 1. The lowest BCUT2D eigenvalue weighted by Gasteiger charge is -2.27. The molecule has 4 nitrogen and oxygen atoms in total. The smallest absolute Gasteiger partial charge is 0.227 e. The lowest BCUT2D eigenvalue weighted by atomic mass is 9.81. The Kier molecular flexibility index (Phi) is 5.48. The average molecular weight is 310 g/mol. The predicted molar refractivity (Wildman–Crippen MR) is 88.9 cm³/mol. The zero-order valence-electron chi connectivity index (χ0n) is 12.7. The highest BCUT2D eigenvalue weighted by Crippen LogP contribution is 2.34. The number of hydrogen-bond donors (Lipinski definition) is 2. The van der Waals surface area contributed by atoms with Crippen LogP contribution >= 0.6 is 11.6 Å². The van der Waals surface area contributed by atoms with Crippen LogP contribution in [0.15, 0.2) is 18.2 Å². The summed E-state index contributed by atoms with van der Waals surface area (Å²) in [5.74, 6) is 0.759. The number of nitrogens with two attached hydrogens (primary N) is 1. The first kappa shape index (κ1) is 16.1. The van der Waals surface area contributed by atoms with Crippen LogP contribution in [0.4, 0.5) is 11.4 Å². The first-order valence-electron chi connectivity index (χ1n) is 7.49. The van der Waals surface area contributed by atoms with Crippen molar-refractivity contribution in [3.8, 4) is 0 Å². The van der Waals surface area contributed by atoms with Crippen molar-refractivity contribution in [1.82, 2.24) is 0 Å². The molecule has 0 atom stereocenters. The van der Waals surface area contributed by atoms with E-state index in [9.17, 15) is 4.79 Å². The van der Waals surface area contributed by atoms with Gasteiger partial charge in [-0.05, 0) is 50.3 Å². The van der Waals surface area contributed by atoms with E-state index in [2.05, 4.69) is 5.32 Å². The van der Waals surface area contributed by atoms with E-state index in [-0.39, 0.29) is 11.8 Å². The van der Waals surface area contributed by atoms with E-state index in [1.807, 2.05) is 37.2 Å². The minimum absolute atomic E-state index is 0.0850. The number of nitrogens with zero attached hydrogens (tertiary/aromatic N) is 1. The largest absolute Gasteiger partial charge is 0.375 e. The van der Waals surface area contributed by atoms with Gasteiger partial charge in [0.05, 0.1) is 16.4 Å². The third-order valence-corrected chi connectivity index (χ3v) is 4.55. The second-order valence-corrected chi connectivity index (χ2v) is 6.38. The number of amides is 1. The Balaban J connectivity index is 2.05. The molecule has 3 N–H and O–H groups in total. The zero-order chi connectivity index (χ0) is 15.4. The second kappa shape index (κ2) is 7.14. The SMILES string of the molecule is CN(C)c1c(Cl)cccc1NC(=O)C1CCC(CN)CC1. The van der Waals surface area contributed by atoms with Crippen LogP contribution in [0.2, 0.25) is 5.02 Å². The van der Waals surface area contributed by atoms with Gasteiger partial charge in [-0.3, -0.25) is 4.79 Å². The summed E-state index contributed by atoms with van der Waals surface area (Å²) in [5.41, 5.74) is 7.32. The molecule has 0 spiro atoms. The molecule has 1 aromatic carbocycles. The lowest BCUT2D eigenvalue weighted by Crippen LogP contribution is -2.29. The van der Waals surface area contributed by atoms with Gasteiger partial charge < -0.3 is 16.0 Å². The minimum atomic E-state index is 0.0850. The monoisotopic (exact) mass is 309 g/mol. The molecule has 0 aliphatic heterocycles.